The summed E-state index contributed by atoms with van der Waals surface area (Å²) in [5, 5.41) is 2.46. The van der Waals surface area contributed by atoms with Crippen molar-refractivity contribution >= 4 is 41.8 Å². The van der Waals surface area contributed by atoms with Gasteiger partial charge >= 0.3 is 59.1 Å². The molecule has 0 heterocycles. The normalized spacial score (nSPS) is 10.6. The number of fused-ring (bicyclic) bond motifs is 2. The smallest absolute Gasteiger partial charge is 0.744 e. The molecule has 0 saturated heterocycles. The summed E-state index contributed by atoms with van der Waals surface area (Å²) < 4.78 is 65.3. The van der Waals surface area contributed by atoms with Gasteiger partial charge < -0.3 is 9.11 Å². The number of rotatable bonds is 2. The Hall–Kier alpha value is -0.780. The van der Waals surface area contributed by atoms with E-state index in [0.717, 1.165) is 10.8 Å². The summed E-state index contributed by atoms with van der Waals surface area (Å²) >= 11 is 0. The van der Waals surface area contributed by atoms with Gasteiger partial charge in [0.25, 0.3) is 0 Å². The summed E-state index contributed by atoms with van der Waals surface area (Å²) in [6.07, 6.45) is 0. The first-order valence-corrected chi connectivity index (χ1v) is 10.9. The van der Waals surface area contributed by atoms with Gasteiger partial charge in [-0.25, -0.2) is 16.8 Å². The molecular formula is C21H18Na2O6S2. The molecular weight excluding hydrogens is 458 g/mol. The van der Waals surface area contributed by atoms with Crippen LogP contribution < -0.4 is 59.1 Å². The van der Waals surface area contributed by atoms with E-state index in [1.807, 2.05) is 0 Å². The predicted octanol–water partition coefficient (Wildman–Crippen LogP) is -1.87. The average Bonchev–Trinajstić information content (AvgIpc) is 2.66. The molecule has 152 valence electrons. The molecule has 0 atom stereocenters. The third kappa shape index (κ3) is 7.64. The van der Waals surface area contributed by atoms with Crippen LogP contribution in [0.25, 0.3) is 21.5 Å². The maximum atomic E-state index is 10.9. The monoisotopic (exact) mass is 476 g/mol. The third-order valence-electron chi connectivity index (χ3n) is 4.04. The zero-order valence-electron chi connectivity index (χ0n) is 16.3. The Morgan fingerprint density at radius 3 is 1.10 bits per heavy atom. The van der Waals surface area contributed by atoms with Gasteiger partial charge in [0, 0.05) is 0 Å². The second-order valence-electron chi connectivity index (χ2n) is 5.86. The molecule has 0 bridgehead atoms. The molecule has 0 aliphatic rings. The van der Waals surface area contributed by atoms with Crippen LogP contribution in [0.2, 0.25) is 0 Å². The second kappa shape index (κ2) is 12.5. The van der Waals surface area contributed by atoms with E-state index in [2.05, 4.69) is 0 Å². The molecule has 0 aliphatic heterocycles. The van der Waals surface area contributed by atoms with Crippen LogP contribution in [0, 0.1) is 0 Å². The van der Waals surface area contributed by atoms with Crippen molar-refractivity contribution in [3.05, 3.63) is 84.9 Å². The molecule has 0 amide bonds. The molecule has 0 unspecified atom stereocenters. The van der Waals surface area contributed by atoms with Crippen LogP contribution in [0.4, 0.5) is 0 Å². The number of hydrogen-bond acceptors (Lipinski definition) is 6. The van der Waals surface area contributed by atoms with Crippen LogP contribution >= 0.6 is 0 Å². The summed E-state index contributed by atoms with van der Waals surface area (Å²) in [7, 11) is -8.76. The van der Waals surface area contributed by atoms with Crippen molar-refractivity contribution in [2.75, 3.05) is 0 Å². The minimum Gasteiger partial charge on any atom is -0.744 e. The average molecular weight is 476 g/mol. The minimum atomic E-state index is -4.38. The second-order valence-corrected chi connectivity index (χ2v) is 8.56. The summed E-state index contributed by atoms with van der Waals surface area (Å²) in [4.78, 5) is -0.314. The van der Waals surface area contributed by atoms with Gasteiger partial charge in [-0.3, -0.25) is 0 Å². The van der Waals surface area contributed by atoms with E-state index >= 15 is 0 Å². The van der Waals surface area contributed by atoms with Gasteiger partial charge in [0.2, 0.25) is 0 Å². The molecule has 0 radical (unpaired) electrons. The number of hydrogen-bond donors (Lipinski definition) is 0. The third-order valence-corrected chi connectivity index (χ3v) is 5.83. The first-order valence-electron chi connectivity index (χ1n) is 8.05. The van der Waals surface area contributed by atoms with Gasteiger partial charge in [0.05, 0.1) is 9.79 Å². The van der Waals surface area contributed by atoms with E-state index in [1.165, 1.54) is 12.1 Å². The van der Waals surface area contributed by atoms with E-state index in [0.29, 0.717) is 10.8 Å². The Morgan fingerprint density at radius 2 is 0.774 bits per heavy atom. The van der Waals surface area contributed by atoms with Crippen molar-refractivity contribution in [1.29, 1.82) is 0 Å². The van der Waals surface area contributed by atoms with Crippen molar-refractivity contribution < 1.29 is 85.1 Å². The zero-order chi connectivity index (χ0) is 20.4. The molecule has 0 spiro atoms. The standard InChI is InChI=1S/2C10H8O3S.CH4.2Na/c2*11-14(12,13)10-7-3-5-8-4-1-2-6-9(8)10;;;/h2*1-7H,(H,11,12,13);1H4;;/q;;;2*+1/p-2. The van der Waals surface area contributed by atoms with Crippen LogP contribution in [0.5, 0.6) is 0 Å². The summed E-state index contributed by atoms with van der Waals surface area (Å²) in [5.74, 6) is 0. The van der Waals surface area contributed by atoms with E-state index in [9.17, 15) is 25.9 Å². The van der Waals surface area contributed by atoms with Gasteiger partial charge in [0.1, 0.15) is 20.2 Å². The van der Waals surface area contributed by atoms with Crippen molar-refractivity contribution in [3.63, 3.8) is 0 Å². The van der Waals surface area contributed by atoms with Gasteiger partial charge in [0.15, 0.2) is 0 Å². The van der Waals surface area contributed by atoms with Gasteiger partial charge in [-0.05, 0) is 33.7 Å². The SMILES string of the molecule is C.O=S(=O)([O-])c1cccc2ccccc12.O=S(=O)([O-])c1cccc2ccccc12.[Na+].[Na+]. The summed E-state index contributed by atoms with van der Waals surface area (Å²) in [5.41, 5.74) is 0. The van der Waals surface area contributed by atoms with E-state index in [4.69, 9.17) is 0 Å². The van der Waals surface area contributed by atoms with Gasteiger partial charge in [-0.1, -0.05) is 80.2 Å². The van der Waals surface area contributed by atoms with Crippen LogP contribution in [0.15, 0.2) is 94.7 Å². The minimum absolute atomic E-state index is 0. The Kier molecular flexibility index (Phi) is 12.1. The fourth-order valence-corrected chi connectivity index (χ4v) is 4.23. The van der Waals surface area contributed by atoms with Gasteiger partial charge in [-0.2, -0.15) is 0 Å². The van der Waals surface area contributed by atoms with Crippen molar-refractivity contribution in [3.8, 4) is 0 Å². The molecule has 4 aromatic rings. The molecule has 0 aliphatic carbocycles. The Labute approximate surface area is 226 Å². The Bertz CT molecular complexity index is 1250. The molecule has 6 nitrogen and oxygen atoms in total. The maximum absolute atomic E-state index is 10.9. The largest absolute Gasteiger partial charge is 1.00 e. The van der Waals surface area contributed by atoms with E-state index in [1.54, 1.807) is 72.8 Å². The van der Waals surface area contributed by atoms with Crippen LogP contribution in [0.3, 0.4) is 0 Å². The van der Waals surface area contributed by atoms with Crippen molar-refractivity contribution in [2.45, 2.75) is 17.2 Å². The molecule has 4 rings (SSSR count). The van der Waals surface area contributed by atoms with Gasteiger partial charge in [-0.15, -0.1) is 0 Å². The molecule has 0 saturated carbocycles. The fraction of sp³-hybridized carbons (Fsp3) is 0.0476. The van der Waals surface area contributed by atoms with Crippen molar-refractivity contribution in [2.24, 2.45) is 0 Å². The molecule has 31 heavy (non-hydrogen) atoms. The first kappa shape index (κ1) is 30.2. The fourth-order valence-electron chi connectivity index (χ4n) is 2.83. The topological polar surface area (TPSA) is 114 Å². The maximum Gasteiger partial charge on any atom is 1.00 e. The molecule has 4 aromatic carbocycles. The van der Waals surface area contributed by atoms with Crippen LogP contribution in [0.1, 0.15) is 7.43 Å². The van der Waals surface area contributed by atoms with E-state index < -0.39 is 20.2 Å². The molecule has 0 N–H and O–H groups in total. The summed E-state index contributed by atoms with van der Waals surface area (Å²) in [6.45, 7) is 0. The molecule has 0 fully saturated rings. The van der Waals surface area contributed by atoms with E-state index in [-0.39, 0.29) is 76.3 Å². The zero-order valence-corrected chi connectivity index (χ0v) is 22.0. The molecule has 0 aromatic heterocycles. The first-order chi connectivity index (χ1) is 13.2. The number of benzene rings is 4. The predicted molar refractivity (Wildman–Crippen MR) is 111 cm³/mol. The summed E-state index contributed by atoms with van der Waals surface area (Å²) in [6, 6.07) is 23.1. The molecule has 10 heteroatoms. The quantitative estimate of drug-likeness (QED) is 0.247. The Morgan fingerprint density at radius 1 is 0.484 bits per heavy atom. The van der Waals surface area contributed by atoms with Crippen LogP contribution in [-0.4, -0.2) is 25.9 Å². The van der Waals surface area contributed by atoms with Crippen molar-refractivity contribution in [1.82, 2.24) is 0 Å². The van der Waals surface area contributed by atoms with Crippen LogP contribution in [-0.2, 0) is 20.2 Å². The Balaban J connectivity index is 0.000000529.